The van der Waals surface area contributed by atoms with E-state index in [9.17, 15) is 14.7 Å². The van der Waals surface area contributed by atoms with Crippen LogP contribution < -0.4 is 15.5 Å². The van der Waals surface area contributed by atoms with E-state index in [1.807, 2.05) is 48.5 Å². The number of aliphatic carboxylic acids is 1. The molecule has 0 bridgehead atoms. The molecule has 1 fully saturated rings. The van der Waals surface area contributed by atoms with Crippen LogP contribution in [0.1, 0.15) is 49.0 Å². The summed E-state index contributed by atoms with van der Waals surface area (Å²) in [4.78, 5) is 26.9. The number of anilines is 3. The molecule has 2 aromatic carbocycles. The van der Waals surface area contributed by atoms with Crippen molar-refractivity contribution in [1.29, 1.82) is 0 Å². The first-order chi connectivity index (χ1) is 17.4. The predicted octanol–water partition coefficient (Wildman–Crippen LogP) is 5.24. The van der Waals surface area contributed by atoms with Crippen molar-refractivity contribution in [3.63, 3.8) is 0 Å². The van der Waals surface area contributed by atoms with Gasteiger partial charge in [0.2, 0.25) is 0 Å². The zero-order chi connectivity index (χ0) is 25.5. The summed E-state index contributed by atoms with van der Waals surface area (Å²) in [5, 5.41) is 19.1. The maximum absolute atomic E-state index is 12.9. The van der Waals surface area contributed by atoms with Gasteiger partial charge in [-0.05, 0) is 49.9 Å². The quantitative estimate of drug-likeness (QED) is 0.374. The highest BCUT2D eigenvalue weighted by Gasteiger charge is 2.25. The molecule has 0 aliphatic carbocycles. The summed E-state index contributed by atoms with van der Waals surface area (Å²) in [6.07, 6.45) is 1.72. The lowest BCUT2D eigenvalue weighted by Crippen LogP contribution is -2.40. The first kappa shape index (κ1) is 25.2. The van der Waals surface area contributed by atoms with Crippen molar-refractivity contribution in [2.75, 3.05) is 35.3 Å². The van der Waals surface area contributed by atoms with Crippen molar-refractivity contribution in [1.82, 2.24) is 5.16 Å². The highest BCUT2D eigenvalue weighted by Crippen LogP contribution is 2.36. The van der Waals surface area contributed by atoms with Gasteiger partial charge in [-0.1, -0.05) is 41.6 Å². The molecule has 1 unspecified atom stereocenters. The van der Waals surface area contributed by atoms with Gasteiger partial charge in [0.1, 0.15) is 5.76 Å². The van der Waals surface area contributed by atoms with Crippen molar-refractivity contribution in [3.05, 3.63) is 71.5 Å². The van der Waals surface area contributed by atoms with E-state index in [1.54, 1.807) is 13.0 Å². The molecule has 190 valence electrons. The maximum atomic E-state index is 12.9. The highest BCUT2D eigenvalue weighted by molar-refractivity contribution is 6.01. The zero-order valence-electron chi connectivity index (χ0n) is 20.6. The van der Waals surface area contributed by atoms with Crippen LogP contribution in [0.25, 0.3) is 0 Å². The topological polar surface area (TPSA) is 117 Å². The molecule has 9 heteroatoms. The van der Waals surface area contributed by atoms with Crippen molar-refractivity contribution in [3.8, 4) is 0 Å². The number of amides is 2. The van der Waals surface area contributed by atoms with Gasteiger partial charge < -0.3 is 24.6 Å². The molecule has 4 rings (SSSR count). The molecule has 2 amide bonds. The van der Waals surface area contributed by atoms with Crippen LogP contribution >= 0.6 is 0 Å². The summed E-state index contributed by atoms with van der Waals surface area (Å²) in [7, 11) is 0. The molecule has 2 heterocycles. The van der Waals surface area contributed by atoms with Gasteiger partial charge in [0.15, 0.2) is 5.82 Å². The fourth-order valence-electron chi connectivity index (χ4n) is 4.73. The SMILES string of the molecule is CCN(c1ccc(C(CC(=O)O)c2ccccc2)cc1NC(=O)Nc1cc(C)on1)C1CCOCC1. The maximum Gasteiger partial charge on any atom is 0.325 e. The van der Waals surface area contributed by atoms with Gasteiger partial charge in [0.25, 0.3) is 0 Å². The molecule has 1 atom stereocenters. The van der Waals surface area contributed by atoms with Crippen molar-refractivity contribution in [2.24, 2.45) is 0 Å². The molecule has 1 saturated heterocycles. The number of ether oxygens (including phenoxy) is 1. The number of urea groups is 1. The first-order valence-electron chi connectivity index (χ1n) is 12.2. The van der Waals surface area contributed by atoms with Crippen molar-refractivity contribution < 1.29 is 24.0 Å². The van der Waals surface area contributed by atoms with Crippen LogP contribution in [0.2, 0.25) is 0 Å². The number of aryl methyl sites for hydroxylation is 1. The summed E-state index contributed by atoms with van der Waals surface area (Å²) in [6.45, 7) is 5.98. The van der Waals surface area contributed by atoms with Gasteiger partial charge in [-0.25, -0.2) is 4.79 Å². The fourth-order valence-corrected chi connectivity index (χ4v) is 4.73. The third-order valence-electron chi connectivity index (χ3n) is 6.40. The number of carboxylic acids is 1. The number of carboxylic acid groups (broad SMARTS) is 1. The average Bonchev–Trinajstić information content (AvgIpc) is 3.29. The third kappa shape index (κ3) is 6.23. The van der Waals surface area contributed by atoms with Gasteiger partial charge in [-0.2, -0.15) is 0 Å². The first-order valence-corrected chi connectivity index (χ1v) is 12.2. The van der Waals surface area contributed by atoms with Crippen LogP contribution in [0.15, 0.2) is 59.1 Å². The van der Waals surface area contributed by atoms with E-state index in [0.29, 0.717) is 30.5 Å². The molecule has 3 N–H and O–H groups in total. The van der Waals surface area contributed by atoms with Crippen LogP contribution in [0.4, 0.5) is 22.0 Å². The lowest BCUT2D eigenvalue weighted by atomic mass is 9.88. The van der Waals surface area contributed by atoms with Gasteiger partial charge in [0.05, 0.1) is 17.8 Å². The second-order valence-corrected chi connectivity index (χ2v) is 8.87. The Morgan fingerprint density at radius 2 is 1.83 bits per heavy atom. The number of carbonyl (C=O) groups excluding carboxylic acids is 1. The Hall–Kier alpha value is -3.85. The minimum Gasteiger partial charge on any atom is -0.481 e. The Morgan fingerprint density at radius 3 is 2.47 bits per heavy atom. The molecular formula is C27H32N4O5. The minimum atomic E-state index is -0.890. The molecule has 0 radical (unpaired) electrons. The molecule has 1 aliphatic rings. The molecule has 1 aliphatic heterocycles. The Kier molecular flexibility index (Phi) is 8.22. The summed E-state index contributed by atoms with van der Waals surface area (Å²) >= 11 is 0. The molecule has 3 aromatic rings. The Labute approximate surface area is 210 Å². The van der Waals surface area contributed by atoms with Crippen LogP contribution in [-0.4, -0.2) is 48.1 Å². The number of nitrogens with one attached hydrogen (secondary N) is 2. The summed E-state index contributed by atoms with van der Waals surface area (Å²) in [5.74, 6) is -0.353. The van der Waals surface area contributed by atoms with Crippen LogP contribution in [0.3, 0.4) is 0 Å². The number of hydrogen-bond donors (Lipinski definition) is 3. The standard InChI is InChI=1S/C27H32N4O5/c1-3-31(21-11-13-35-14-12-21)24-10-9-20(22(17-26(32)33)19-7-5-4-6-8-19)16-23(24)28-27(34)29-25-15-18(2)36-30-25/h4-10,15-16,21-22H,3,11-14,17H2,1-2H3,(H,32,33)(H2,28,29,30,34). The molecule has 36 heavy (non-hydrogen) atoms. The van der Waals surface area contributed by atoms with Crippen molar-refractivity contribution in [2.45, 2.75) is 45.1 Å². The van der Waals surface area contributed by atoms with E-state index in [2.05, 4.69) is 27.6 Å². The molecular weight excluding hydrogens is 460 g/mol. The second kappa shape index (κ2) is 11.7. The summed E-state index contributed by atoms with van der Waals surface area (Å²) < 4.78 is 10.6. The second-order valence-electron chi connectivity index (χ2n) is 8.87. The van der Waals surface area contributed by atoms with Crippen molar-refractivity contribution >= 4 is 29.2 Å². The van der Waals surface area contributed by atoms with Crippen LogP contribution in [0, 0.1) is 6.92 Å². The molecule has 1 aromatic heterocycles. The lowest BCUT2D eigenvalue weighted by Gasteiger charge is -2.36. The average molecular weight is 493 g/mol. The van der Waals surface area contributed by atoms with E-state index >= 15 is 0 Å². The Bertz CT molecular complexity index is 1170. The number of hydrogen-bond acceptors (Lipinski definition) is 6. The number of benzene rings is 2. The predicted molar refractivity (Wildman–Crippen MR) is 138 cm³/mol. The summed E-state index contributed by atoms with van der Waals surface area (Å²) in [5.41, 5.74) is 3.19. The normalized spacial score (nSPS) is 14.7. The fraction of sp³-hybridized carbons (Fsp3) is 0.370. The van der Waals surface area contributed by atoms with Gasteiger partial charge in [-0.3, -0.25) is 10.1 Å². The number of aromatic nitrogens is 1. The van der Waals surface area contributed by atoms with Gasteiger partial charge in [0, 0.05) is 37.8 Å². The van der Waals surface area contributed by atoms with E-state index in [4.69, 9.17) is 9.26 Å². The Morgan fingerprint density at radius 1 is 1.08 bits per heavy atom. The molecule has 0 saturated carbocycles. The monoisotopic (exact) mass is 492 g/mol. The van der Waals surface area contributed by atoms with E-state index < -0.39 is 12.0 Å². The number of nitrogens with zero attached hydrogens (tertiary/aromatic N) is 2. The third-order valence-corrected chi connectivity index (χ3v) is 6.40. The highest BCUT2D eigenvalue weighted by atomic mass is 16.5. The lowest BCUT2D eigenvalue weighted by molar-refractivity contribution is -0.137. The van der Waals surface area contributed by atoms with Crippen LogP contribution in [-0.2, 0) is 9.53 Å². The smallest absolute Gasteiger partial charge is 0.325 e. The van der Waals surface area contributed by atoms with E-state index in [0.717, 1.165) is 36.2 Å². The van der Waals surface area contributed by atoms with E-state index in [1.165, 1.54) is 0 Å². The number of carbonyl (C=O) groups is 2. The Balaban J connectivity index is 1.70. The zero-order valence-corrected chi connectivity index (χ0v) is 20.6. The summed E-state index contributed by atoms with van der Waals surface area (Å²) in [6, 6.07) is 16.8. The molecule has 0 spiro atoms. The van der Waals surface area contributed by atoms with Gasteiger partial charge >= 0.3 is 12.0 Å². The number of rotatable bonds is 9. The van der Waals surface area contributed by atoms with E-state index in [-0.39, 0.29) is 18.4 Å². The van der Waals surface area contributed by atoms with Crippen LogP contribution in [0.5, 0.6) is 0 Å². The van der Waals surface area contributed by atoms with Gasteiger partial charge in [-0.15, -0.1) is 0 Å². The minimum absolute atomic E-state index is 0.0648. The molecule has 9 nitrogen and oxygen atoms in total. The largest absolute Gasteiger partial charge is 0.481 e.